The molecule has 0 aliphatic rings. The fraction of sp³-hybridized carbons (Fsp3) is 0.625. The molecule has 0 aliphatic carbocycles. The predicted octanol–water partition coefficient (Wildman–Crippen LogP) is 3.26. The second-order valence-corrected chi connectivity index (χ2v) is 5.99. The van der Waals surface area contributed by atoms with Crippen LogP contribution in [0.15, 0.2) is 24.3 Å². The van der Waals surface area contributed by atoms with Crippen molar-refractivity contribution in [3.63, 3.8) is 0 Å². The van der Waals surface area contributed by atoms with Gasteiger partial charge in [0.15, 0.2) is 0 Å². The molecule has 1 aromatic rings. The lowest BCUT2D eigenvalue weighted by molar-refractivity contribution is 0.189. The number of rotatable bonds is 5. The highest BCUT2D eigenvalue weighted by Crippen LogP contribution is 2.27. The van der Waals surface area contributed by atoms with Gasteiger partial charge in [-0.2, -0.15) is 0 Å². The van der Waals surface area contributed by atoms with Gasteiger partial charge in [-0.15, -0.1) is 0 Å². The molecule has 18 heavy (non-hydrogen) atoms. The van der Waals surface area contributed by atoms with Crippen LogP contribution >= 0.6 is 0 Å². The van der Waals surface area contributed by atoms with Crippen molar-refractivity contribution in [3.8, 4) is 0 Å². The average Bonchev–Trinajstić information content (AvgIpc) is 2.35. The van der Waals surface area contributed by atoms with Crippen LogP contribution in [0.1, 0.15) is 51.3 Å². The number of aliphatic hydroxyl groups excluding tert-OH is 1. The van der Waals surface area contributed by atoms with E-state index in [0.29, 0.717) is 0 Å². The van der Waals surface area contributed by atoms with Crippen LogP contribution in [0.5, 0.6) is 0 Å². The molecule has 0 aliphatic heterocycles. The fourth-order valence-electron chi connectivity index (χ4n) is 2.34. The van der Waals surface area contributed by atoms with Crippen LogP contribution in [0.4, 0.5) is 0 Å². The molecule has 0 heterocycles. The van der Waals surface area contributed by atoms with E-state index in [-0.39, 0.29) is 24.0 Å². The summed E-state index contributed by atoms with van der Waals surface area (Å²) in [7, 11) is 1.96. The van der Waals surface area contributed by atoms with Crippen molar-refractivity contribution >= 4 is 0 Å². The largest absolute Gasteiger partial charge is 0.396 e. The van der Waals surface area contributed by atoms with Crippen LogP contribution in [0, 0.1) is 5.92 Å². The van der Waals surface area contributed by atoms with E-state index in [1.54, 1.807) is 0 Å². The van der Waals surface area contributed by atoms with Crippen LogP contribution in [-0.4, -0.2) is 18.8 Å². The molecule has 0 saturated carbocycles. The first kappa shape index (κ1) is 15.2. The molecule has 2 N–H and O–H groups in total. The molecule has 2 atom stereocenters. The minimum Gasteiger partial charge on any atom is -0.396 e. The third-order valence-electron chi connectivity index (χ3n) is 3.68. The summed E-state index contributed by atoms with van der Waals surface area (Å²) in [5, 5.41) is 12.8. The Morgan fingerprint density at radius 3 is 2.06 bits per heavy atom. The topological polar surface area (TPSA) is 32.3 Å². The predicted molar refractivity (Wildman–Crippen MR) is 77.8 cm³/mol. The number of aliphatic hydroxyl groups is 1. The molecule has 0 spiro atoms. The van der Waals surface area contributed by atoms with E-state index in [1.165, 1.54) is 11.1 Å². The summed E-state index contributed by atoms with van der Waals surface area (Å²) < 4.78 is 0. The monoisotopic (exact) mass is 249 g/mol. The van der Waals surface area contributed by atoms with Gasteiger partial charge >= 0.3 is 0 Å². The van der Waals surface area contributed by atoms with Crippen molar-refractivity contribution in [1.82, 2.24) is 5.32 Å². The molecule has 0 aromatic heterocycles. The zero-order valence-corrected chi connectivity index (χ0v) is 12.3. The maximum absolute atomic E-state index is 9.43. The van der Waals surface area contributed by atoms with E-state index in [0.717, 1.165) is 6.42 Å². The van der Waals surface area contributed by atoms with Crippen molar-refractivity contribution < 1.29 is 5.11 Å². The highest BCUT2D eigenvalue weighted by molar-refractivity contribution is 5.29. The van der Waals surface area contributed by atoms with Crippen molar-refractivity contribution in [2.24, 2.45) is 5.92 Å². The summed E-state index contributed by atoms with van der Waals surface area (Å²) in [6.45, 7) is 9.01. The molecule has 102 valence electrons. The second-order valence-electron chi connectivity index (χ2n) is 5.99. The summed E-state index contributed by atoms with van der Waals surface area (Å²) in [4.78, 5) is 0. The molecule has 2 nitrogen and oxygen atoms in total. The summed E-state index contributed by atoms with van der Waals surface area (Å²) in [5.41, 5.74) is 2.79. The highest BCUT2D eigenvalue weighted by Gasteiger charge is 2.20. The Bertz CT molecular complexity index is 346. The van der Waals surface area contributed by atoms with E-state index in [9.17, 15) is 5.11 Å². The molecular formula is C16H27NO. The van der Waals surface area contributed by atoms with Gasteiger partial charge in [0, 0.05) is 18.6 Å². The maximum Gasteiger partial charge on any atom is 0.0477 e. The smallest absolute Gasteiger partial charge is 0.0477 e. The normalized spacial score (nSPS) is 15.4. The van der Waals surface area contributed by atoms with Gasteiger partial charge in [0.25, 0.3) is 0 Å². The Morgan fingerprint density at radius 2 is 1.72 bits per heavy atom. The zero-order chi connectivity index (χ0) is 13.8. The molecule has 0 fully saturated rings. The minimum absolute atomic E-state index is 0.189. The van der Waals surface area contributed by atoms with E-state index in [1.807, 2.05) is 7.05 Å². The van der Waals surface area contributed by atoms with Crippen molar-refractivity contribution in [3.05, 3.63) is 35.4 Å². The van der Waals surface area contributed by atoms with Gasteiger partial charge in [0.1, 0.15) is 0 Å². The van der Waals surface area contributed by atoms with Gasteiger partial charge in [-0.05, 0) is 30.0 Å². The number of hydrogen-bond acceptors (Lipinski definition) is 2. The lowest BCUT2D eigenvalue weighted by Gasteiger charge is -2.26. The van der Waals surface area contributed by atoms with Gasteiger partial charge in [0.05, 0.1) is 0 Å². The van der Waals surface area contributed by atoms with Gasteiger partial charge in [-0.1, -0.05) is 52.0 Å². The number of nitrogens with one attached hydrogen (secondary N) is 1. The first-order valence-corrected chi connectivity index (χ1v) is 6.82. The maximum atomic E-state index is 9.43. The molecule has 0 radical (unpaired) electrons. The summed E-state index contributed by atoms with van der Waals surface area (Å²) in [6, 6.07) is 8.99. The highest BCUT2D eigenvalue weighted by atomic mass is 16.3. The summed E-state index contributed by atoms with van der Waals surface area (Å²) in [5.74, 6) is 0.274. The van der Waals surface area contributed by atoms with Crippen LogP contribution in [0.2, 0.25) is 0 Å². The lowest BCUT2D eigenvalue weighted by Crippen LogP contribution is -2.27. The first-order valence-electron chi connectivity index (χ1n) is 6.82. The fourth-order valence-corrected chi connectivity index (χ4v) is 2.34. The third kappa shape index (κ3) is 3.56. The van der Waals surface area contributed by atoms with Crippen molar-refractivity contribution in [2.75, 3.05) is 13.7 Å². The molecule has 0 saturated heterocycles. The molecule has 2 unspecified atom stereocenters. The van der Waals surface area contributed by atoms with Crippen molar-refractivity contribution in [2.45, 2.75) is 45.6 Å². The molecule has 0 amide bonds. The van der Waals surface area contributed by atoms with Crippen LogP contribution in [0.3, 0.4) is 0 Å². The quantitative estimate of drug-likeness (QED) is 0.839. The zero-order valence-electron chi connectivity index (χ0n) is 12.3. The van der Waals surface area contributed by atoms with Crippen LogP contribution in [0.25, 0.3) is 0 Å². The Balaban J connectivity index is 2.95. The van der Waals surface area contributed by atoms with Gasteiger partial charge < -0.3 is 10.4 Å². The molecule has 1 aromatic carbocycles. The van der Waals surface area contributed by atoms with E-state index >= 15 is 0 Å². The Morgan fingerprint density at radius 1 is 1.17 bits per heavy atom. The third-order valence-corrected chi connectivity index (χ3v) is 3.68. The van der Waals surface area contributed by atoms with Crippen molar-refractivity contribution in [1.29, 1.82) is 0 Å². The number of hydrogen-bond donors (Lipinski definition) is 2. The summed E-state index contributed by atoms with van der Waals surface area (Å²) in [6.07, 6.45) is 0.975. The minimum atomic E-state index is 0.189. The average molecular weight is 249 g/mol. The molecule has 0 bridgehead atoms. The van der Waals surface area contributed by atoms with E-state index in [4.69, 9.17) is 0 Å². The van der Waals surface area contributed by atoms with Gasteiger partial charge in [0.2, 0.25) is 0 Å². The van der Waals surface area contributed by atoms with Crippen LogP contribution in [-0.2, 0) is 5.41 Å². The summed E-state index contributed by atoms with van der Waals surface area (Å²) >= 11 is 0. The first-order chi connectivity index (χ1) is 8.43. The van der Waals surface area contributed by atoms with E-state index in [2.05, 4.69) is 57.3 Å². The Labute approximate surface area is 111 Å². The lowest BCUT2D eigenvalue weighted by atomic mass is 9.85. The Hall–Kier alpha value is -0.860. The van der Waals surface area contributed by atoms with E-state index < -0.39 is 0 Å². The molecule has 2 heteroatoms. The molecular weight excluding hydrogens is 222 g/mol. The molecule has 1 rings (SSSR count). The number of benzene rings is 1. The van der Waals surface area contributed by atoms with Gasteiger partial charge in [-0.25, -0.2) is 0 Å². The second kappa shape index (κ2) is 6.35. The van der Waals surface area contributed by atoms with Gasteiger partial charge in [-0.3, -0.25) is 0 Å². The van der Waals surface area contributed by atoms with Crippen LogP contribution < -0.4 is 5.32 Å². The SMILES string of the molecule is CCC(CO)C(NC)c1ccc(C(C)(C)C)cc1. The Kier molecular flexibility index (Phi) is 5.36. The standard InChI is InChI=1S/C16H27NO/c1-6-12(11-18)15(17-5)13-7-9-14(10-8-13)16(2,3)4/h7-10,12,15,17-18H,6,11H2,1-5H3.